The normalized spacial score (nSPS) is 29.5. The summed E-state index contributed by atoms with van der Waals surface area (Å²) in [5.74, 6) is -3.31. The summed E-state index contributed by atoms with van der Waals surface area (Å²) < 4.78 is 33.7. The van der Waals surface area contributed by atoms with Crippen LogP contribution in [0.25, 0.3) is 0 Å². The van der Waals surface area contributed by atoms with E-state index in [9.17, 15) is 13.6 Å². The smallest absolute Gasteiger partial charge is 0.274 e. The summed E-state index contributed by atoms with van der Waals surface area (Å²) in [6.07, 6.45) is 0.359. The van der Waals surface area contributed by atoms with Crippen LogP contribution in [0.2, 0.25) is 0 Å². The fourth-order valence-electron chi connectivity index (χ4n) is 3.25. The Bertz CT molecular complexity index is 596. The molecule has 3 heterocycles. The molecule has 7 heteroatoms. The molecule has 0 saturated carbocycles. The van der Waals surface area contributed by atoms with E-state index in [2.05, 4.69) is 10.2 Å². The van der Waals surface area contributed by atoms with Gasteiger partial charge in [-0.15, -0.1) is 0 Å². The Labute approximate surface area is 128 Å². The number of nitrogens with zero attached hydrogens (tertiary/aromatic N) is 2. The summed E-state index contributed by atoms with van der Waals surface area (Å²) in [5.41, 5.74) is 0.601. The molecule has 0 aromatic carbocycles. The van der Waals surface area contributed by atoms with Crippen molar-refractivity contribution in [2.75, 3.05) is 13.1 Å². The lowest BCUT2D eigenvalue weighted by Gasteiger charge is -2.25. The highest BCUT2D eigenvalue weighted by atomic mass is 19.3. The minimum absolute atomic E-state index is 0.0249. The van der Waals surface area contributed by atoms with Gasteiger partial charge in [-0.05, 0) is 13.8 Å². The first-order valence-corrected chi connectivity index (χ1v) is 7.52. The van der Waals surface area contributed by atoms with Crippen LogP contribution in [0.1, 0.15) is 55.5 Å². The lowest BCUT2D eigenvalue weighted by Crippen LogP contribution is -2.34. The van der Waals surface area contributed by atoms with Gasteiger partial charge in [0, 0.05) is 23.9 Å². The molecule has 0 radical (unpaired) electrons. The Hall–Kier alpha value is -1.50. The standard InChI is InChI=1S/C15H21F2N3O2/c1-8-5-10-11(9(2)22-8)18-19-12(10)13(21)20-6-14(3,4)15(16,17)7-20/h8-9H,5-7H2,1-4H3,(H,18,19)/t8-,9+/m1/s1. The van der Waals surface area contributed by atoms with Crippen molar-refractivity contribution in [3.63, 3.8) is 0 Å². The number of fused-ring (bicyclic) bond motifs is 1. The molecule has 1 aromatic rings. The predicted octanol–water partition coefficient (Wildman–Crippen LogP) is 2.55. The lowest BCUT2D eigenvalue weighted by molar-refractivity contribution is -0.0663. The van der Waals surface area contributed by atoms with Crippen molar-refractivity contribution in [2.24, 2.45) is 5.41 Å². The summed E-state index contributed by atoms with van der Waals surface area (Å²) in [4.78, 5) is 13.8. The first kappa shape index (κ1) is 15.4. The second-order valence-electron chi connectivity index (χ2n) is 7.01. The van der Waals surface area contributed by atoms with Gasteiger partial charge in [-0.25, -0.2) is 8.78 Å². The molecule has 2 aliphatic rings. The largest absolute Gasteiger partial charge is 0.369 e. The molecular formula is C15H21F2N3O2. The zero-order chi connectivity index (χ0) is 16.3. The Morgan fingerprint density at radius 1 is 1.36 bits per heavy atom. The maximum Gasteiger partial charge on any atom is 0.274 e. The fourth-order valence-corrected chi connectivity index (χ4v) is 3.25. The molecule has 3 rings (SSSR count). The summed E-state index contributed by atoms with van der Waals surface area (Å²) >= 11 is 0. The first-order valence-electron chi connectivity index (χ1n) is 7.52. The number of halogens is 2. The highest BCUT2D eigenvalue weighted by Crippen LogP contribution is 2.43. The van der Waals surface area contributed by atoms with Gasteiger partial charge in [0.2, 0.25) is 0 Å². The van der Waals surface area contributed by atoms with Gasteiger partial charge in [-0.1, -0.05) is 13.8 Å². The number of alkyl halides is 2. The maximum absolute atomic E-state index is 14.0. The number of aromatic nitrogens is 2. The van der Waals surface area contributed by atoms with Gasteiger partial charge in [0.15, 0.2) is 5.69 Å². The van der Waals surface area contributed by atoms with Crippen molar-refractivity contribution in [2.45, 2.75) is 52.2 Å². The van der Waals surface area contributed by atoms with Crippen molar-refractivity contribution < 1.29 is 18.3 Å². The number of carbonyl (C=O) groups excluding carboxylic acids is 1. The number of carbonyl (C=O) groups is 1. The molecule has 1 saturated heterocycles. The second-order valence-corrected chi connectivity index (χ2v) is 7.01. The Balaban J connectivity index is 1.89. The summed E-state index contributed by atoms with van der Waals surface area (Å²) in [6.45, 7) is 6.25. The molecule has 5 nitrogen and oxygen atoms in total. The number of nitrogens with one attached hydrogen (secondary N) is 1. The maximum atomic E-state index is 14.0. The highest BCUT2D eigenvalue weighted by Gasteiger charge is 2.55. The van der Waals surface area contributed by atoms with Crippen LogP contribution in [0.5, 0.6) is 0 Å². The third kappa shape index (κ3) is 2.22. The molecule has 22 heavy (non-hydrogen) atoms. The monoisotopic (exact) mass is 313 g/mol. The van der Waals surface area contributed by atoms with E-state index < -0.39 is 23.8 Å². The second kappa shape index (κ2) is 4.75. The van der Waals surface area contributed by atoms with Crippen molar-refractivity contribution in [3.05, 3.63) is 17.0 Å². The minimum Gasteiger partial charge on any atom is -0.369 e. The molecule has 1 N–H and O–H groups in total. The van der Waals surface area contributed by atoms with Gasteiger partial charge in [-0.2, -0.15) is 5.10 Å². The van der Waals surface area contributed by atoms with Crippen LogP contribution < -0.4 is 0 Å². The molecule has 122 valence electrons. The van der Waals surface area contributed by atoms with Crippen LogP contribution in [0.3, 0.4) is 0 Å². The molecule has 2 atom stereocenters. The number of likely N-dealkylation sites (tertiary alicyclic amines) is 1. The Kier molecular flexibility index (Phi) is 3.32. The predicted molar refractivity (Wildman–Crippen MR) is 75.9 cm³/mol. The first-order chi connectivity index (χ1) is 10.1. The SMILES string of the molecule is C[C@@H]1Cc2c(C(=O)N3CC(C)(C)C(F)(F)C3)n[nH]c2[C@H](C)O1. The third-order valence-corrected chi connectivity index (χ3v) is 4.69. The Morgan fingerprint density at radius 3 is 2.64 bits per heavy atom. The van der Waals surface area contributed by atoms with Crippen LogP contribution in [0.4, 0.5) is 8.78 Å². The van der Waals surface area contributed by atoms with Gasteiger partial charge < -0.3 is 9.64 Å². The van der Waals surface area contributed by atoms with E-state index in [0.717, 1.165) is 11.3 Å². The quantitative estimate of drug-likeness (QED) is 0.867. The van der Waals surface area contributed by atoms with Gasteiger partial charge in [0.25, 0.3) is 11.8 Å². The molecule has 1 amide bonds. The fraction of sp³-hybridized carbons (Fsp3) is 0.733. The molecule has 1 aromatic heterocycles. The molecule has 1 fully saturated rings. The van der Waals surface area contributed by atoms with E-state index in [1.165, 1.54) is 18.7 Å². The molecular weight excluding hydrogens is 292 g/mol. The molecule has 0 unspecified atom stereocenters. The Morgan fingerprint density at radius 2 is 2.05 bits per heavy atom. The van der Waals surface area contributed by atoms with Gasteiger partial charge in [0.1, 0.15) is 0 Å². The van der Waals surface area contributed by atoms with Crippen molar-refractivity contribution in [1.82, 2.24) is 15.1 Å². The van der Waals surface area contributed by atoms with E-state index in [1.807, 2.05) is 13.8 Å². The number of amides is 1. The van der Waals surface area contributed by atoms with Crippen LogP contribution >= 0.6 is 0 Å². The zero-order valence-electron chi connectivity index (χ0n) is 13.2. The number of hydrogen-bond donors (Lipinski definition) is 1. The molecule has 0 bridgehead atoms. The number of hydrogen-bond acceptors (Lipinski definition) is 3. The molecule has 0 spiro atoms. The average molecular weight is 313 g/mol. The van der Waals surface area contributed by atoms with Gasteiger partial charge >= 0.3 is 0 Å². The van der Waals surface area contributed by atoms with Crippen LogP contribution in [-0.2, 0) is 11.2 Å². The van der Waals surface area contributed by atoms with Gasteiger partial charge in [-0.3, -0.25) is 9.89 Å². The zero-order valence-corrected chi connectivity index (χ0v) is 13.2. The summed E-state index contributed by atoms with van der Waals surface area (Å²) in [6, 6.07) is 0. The van der Waals surface area contributed by atoms with Crippen molar-refractivity contribution in [1.29, 1.82) is 0 Å². The average Bonchev–Trinajstić information content (AvgIpc) is 2.88. The van der Waals surface area contributed by atoms with Crippen molar-refractivity contribution >= 4 is 5.91 Å². The number of ether oxygens (including phenoxy) is 1. The van der Waals surface area contributed by atoms with Crippen LogP contribution in [-0.4, -0.2) is 46.1 Å². The molecule has 0 aliphatic carbocycles. The number of H-pyrrole nitrogens is 1. The summed E-state index contributed by atoms with van der Waals surface area (Å²) in [5, 5.41) is 6.91. The lowest BCUT2D eigenvalue weighted by atomic mass is 9.89. The minimum atomic E-state index is -2.89. The number of aromatic amines is 1. The van der Waals surface area contributed by atoms with Gasteiger partial charge in [0.05, 0.1) is 24.4 Å². The number of rotatable bonds is 1. The van der Waals surface area contributed by atoms with Crippen LogP contribution in [0, 0.1) is 5.41 Å². The summed E-state index contributed by atoms with van der Waals surface area (Å²) in [7, 11) is 0. The van der Waals surface area contributed by atoms with E-state index in [4.69, 9.17) is 4.74 Å². The van der Waals surface area contributed by atoms with Crippen molar-refractivity contribution in [3.8, 4) is 0 Å². The van der Waals surface area contributed by atoms with Crippen LogP contribution in [0.15, 0.2) is 0 Å². The third-order valence-electron chi connectivity index (χ3n) is 4.69. The van der Waals surface area contributed by atoms with E-state index in [-0.39, 0.29) is 24.4 Å². The van der Waals surface area contributed by atoms with E-state index in [0.29, 0.717) is 6.42 Å². The topological polar surface area (TPSA) is 58.2 Å². The van der Waals surface area contributed by atoms with E-state index >= 15 is 0 Å². The van der Waals surface area contributed by atoms with E-state index in [1.54, 1.807) is 0 Å². The highest BCUT2D eigenvalue weighted by molar-refractivity contribution is 5.94. The molecule has 2 aliphatic heterocycles.